The van der Waals surface area contributed by atoms with Gasteiger partial charge in [-0.05, 0) is 30.9 Å². The van der Waals surface area contributed by atoms with E-state index < -0.39 is 11.0 Å². The number of nitro groups is 1. The minimum atomic E-state index is -0.522. The zero-order valence-electron chi connectivity index (χ0n) is 12.3. The second kappa shape index (κ2) is 7.70. The molecule has 1 atom stereocenters. The third-order valence-corrected chi connectivity index (χ3v) is 3.98. The Morgan fingerprint density at radius 3 is 2.77 bits per heavy atom. The number of aliphatic hydroxyl groups excluding tert-OH is 1. The summed E-state index contributed by atoms with van der Waals surface area (Å²) in [4.78, 5) is 22.1. The molecule has 1 aromatic carbocycles. The lowest BCUT2D eigenvalue weighted by Crippen LogP contribution is -2.34. The van der Waals surface area contributed by atoms with E-state index in [4.69, 9.17) is 0 Å². The molecular weight excluding hydrogens is 284 g/mol. The summed E-state index contributed by atoms with van der Waals surface area (Å²) in [5.74, 6) is -0.102. The SMILES string of the molecule is O=C(/C=C/c1ccccc1[N+](=O)[O-])NCC(O)C1CCCC1. The highest BCUT2D eigenvalue weighted by Crippen LogP contribution is 2.27. The Labute approximate surface area is 129 Å². The summed E-state index contributed by atoms with van der Waals surface area (Å²) in [7, 11) is 0. The fraction of sp³-hybridized carbons (Fsp3) is 0.438. The summed E-state index contributed by atoms with van der Waals surface area (Å²) in [6.45, 7) is 0.213. The average molecular weight is 304 g/mol. The van der Waals surface area contributed by atoms with Crippen molar-refractivity contribution in [3.63, 3.8) is 0 Å². The molecule has 22 heavy (non-hydrogen) atoms. The summed E-state index contributed by atoms with van der Waals surface area (Å²) in [6, 6.07) is 6.22. The number of hydrogen-bond donors (Lipinski definition) is 2. The van der Waals surface area contributed by atoms with Gasteiger partial charge in [0.1, 0.15) is 0 Å². The van der Waals surface area contributed by atoms with Gasteiger partial charge in [0.15, 0.2) is 0 Å². The second-order valence-corrected chi connectivity index (χ2v) is 5.51. The third kappa shape index (κ3) is 4.39. The van der Waals surface area contributed by atoms with Crippen LogP contribution in [0.25, 0.3) is 6.08 Å². The lowest BCUT2D eigenvalue weighted by Gasteiger charge is -2.17. The van der Waals surface area contributed by atoms with Crippen molar-refractivity contribution in [2.45, 2.75) is 31.8 Å². The zero-order valence-corrected chi connectivity index (χ0v) is 12.3. The molecule has 1 amide bonds. The summed E-state index contributed by atoms with van der Waals surface area (Å²) in [5.41, 5.74) is 0.330. The van der Waals surface area contributed by atoms with Crippen molar-refractivity contribution >= 4 is 17.7 Å². The molecule has 0 bridgehead atoms. The molecule has 0 aliphatic heterocycles. The lowest BCUT2D eigenvalue weighted by molar-refractivity contribution is -0.385. The molecule has 6 heteroatoms. The van der Waals surface area contributed by atoms with E-state index in [1.54, 1.807) is 18.2 Å². The largest absolute Gasteiger partial charge is 0.391 e. The van der Waals surface area contributed by atoms with Crippen LogP contribution in [0.15, 0.2) is 30.3 Å². The molecule has 6 nitrogen and oxygen atoms in total. The molecule has 0 radical (unpaired) electrons. The van der Waals surface area contributed by atoms with E-state index in [1.165, 1.54) is 18.2 Å². The summed E-state index contributed by atoms with van der Waals surface area (Å²) < 4.78 is 0. The Hall–Kier alpha value is -2.21. The van der Waals surface area contributed by atoms with Crippen molar-refractivity contribution in [2.24, 2.45) is 5.92 Å². The number of para-hydroxylation sites is 1. The number of aliphatic hydroxyl groups is 1. The third-order valence-electron chi connectivity index (χ3n) is 3.98. The van der Waals surface area contributed by atoms with Crippen LogP contribution in [0, 0.1) is 16.0 Å². The van der Waals surface area contributed by atoms with E-state index in [9.17, 15) is 20.0 Å². The normalized spacial score (nSPS) is 16.8. The van der Waals surface area contributed by atoms with Gasteiger partial charge in [0.25, 0.3) is 5.69 Å². The van der Waals surface area contributed by atoms with Gasteiger partial charge in [0.05, 0.1) is 16.6 Å². The Morgan fingerprint density at radius 2 is 2.09 bits per heavy atom. The van der Waals surface area contributed by atoms with Crippen molar-refractivity contribution in [1.29, 1.82) is 0 Å². The van der Waals surface area contributed by atoms with Gasteiger partial charge < -0.3 is 10.4 Å². The summed E-state index contributed by atoms with van der Waals surface area (Å²) in [5, 5.41) is 23.5. The van der Waals surface area contributed by atoms with Crippen molar-refractivity contribution in [3.05, 3.63) is 46.0 Å². The second-order valence-electron chi connectivity index (χ2n) is 5.51. The number of hydrogen-bond acceptors (Lipinski definition) is 4. The van der Waals surface area contributed by atoms with Crippen LogP contribution in [-0.4, -0.2) is 28.6 Å². The van der Waals surface area contributed by atoms with Gasteiger partial charge in [-0.2, -0.15) is 0 Å². The predicted octanol–water partition coefficient (Wildman–Crippen LogP) is 2.28. The Balaban J connectivity index is 1.87. The molecule has 0 saturated heterocycles. The first-order valence-electron chi connectivity index (χ1n) is 7.45. The van der Waals surface area contributed by atoms with Crippen molar-refractivity contribution < 1.29 is 14.8 Å². The van der Waals surface area contributed by atoms with Crippen LogP contribution in [0.3, 0.4) is 0 Å². The number of benzene rings is 1. The average Bonchev–Trinajstić information content (AvgIpc) is 3.05. The predicted molar refractivity (Wildman–Crippen MR) is 83.1 cm³/mol. The van der Waals surface area contributed by atoms with E-state index in [1.807, 2.05) is 0 Å². The van der Waals surface area contributed by atoms with Crippen molar-refractivity contribution in [1.82, 2.24) is 5.32 Å². The van der Waals surface area contributed by atoms with Gasteiger partial charge in [0.2, 0.25) is 5.91 Å². The van der Waals surface area contributed by atoms with Crippen LogP contribution in [0.5, 0.6) is 0 Å². The Kier molecular flexibility index (Phi) is 5.66. The van der Waals surface area contributed by atoms with Crippen LogP contribution in [0.4, 0.5) is 5.69 Å². The molecule has 2 N–H and O–H groups in total. The van der Waals surface area contributed by atoms with E-state index in [-0.39, 0.29) is 24.1 Å². The van der Waals surface area contributed by atoms with Gasteiger partial charge >= 0.3 is 0 Å². The number of amides is 1. The molecule has 0 heterocycles. The first-order valence-corrected chi connectivity index (χ1v) is 7.45. The molecule has 0 spiro atoms. The highest BCUT2D eigenvalue weighted by molar-refractivity contribution is 5.92. The molecular formula is C16H20N2O4. The Bertz CT molecular complexity index is 565. The molecule has 1 fully saturated rings. The standard InChI is InChI=1S/C16H20N2O4/c19-15(13-6-1-2-7-13)11-17-16(20)10-9-12-5-3-4-8-14(12)18(21)22/h3-5,8-10,13,15,19H,1-2,6-7,11H2,(H,17,20)/b10-9+. The molecule has 2 rings (SSSR count). The topological polar surface area (TPSA) is 92.5 Å². The minimum Gasteiger partial charge on any atom is -0.391 e. The number of nitro benzene ring substituents is 1. The number of carbonyl (C=O) groups excluding carboxylic acids is 1. The molecule has 1 aromatic rings. The van der Waals surface area contributed by atoms with E-state index >= 15 is 0 Å². The maximum atomic E-state index is 11.7. The van der Waals surface area contributed by atoms with E-state index in [0.29, 0.717) is 5.56 Å². The number of nitrogens with one attached hydrogen (secondary N) is 1. The van der Waals surface area contributed by atoms with Crippen LogP contribution in [0.1, 0.15) is 31.2 Å². The fourth-order valence-corrected chi connectivity index (χ4v) is 2.73. The molecule has 0 aromatic heterocycles. The lowest BCUT2D eigenvalue weighted by atomic mass is 10.0. The maximum Gasteiger partial charge on any atom is 0.276 e. The van der Waals surface area contributed by atoms with Gasteiger partial charge in [-0.15, -0.1) is 0 Å². The first kappa shape index (κ1) is 16.2. The fourth-order valence-electron chi connectivity index (χ4n) is 2.73. The quantitative estimate of drug-likeness (QED) is 0.479. The van der Waals surface area contributed by atoms with Crippen molar-refractivity contribution in [2.75, 3.05) is 6.54 Å². The highest BCUT2D eigenvalue weighted by Gasteiger charge is 2.23. The number of rotatable bonds is 6. The summed E-state index contributed by atoms with van der Waals surface area (Å²) >= 11 is 0. The van der Waals surface area contributed by atoms with Gasteiger partial charge in [-0.1, -0.05) is 25.0 Å². The molecule has 1 aliphatic rings. The molecule has 1 aliphatic carbocycles. The van der Waals surface area contributed by atoms with E-state index in [2.05, 4.69) is 5.32 Å². The number of nitrogens with zero attached hydrogens (tertiary/aromatic N) is 1. The van der Waals surface area contributed by atoms with Gasteiger partial charge in [-0.25, -0.2) is 0 Å². The van der Waals surface area contributed by atoms with Crippen LogP contribution in [0.2, 0.25) is 0 Å². The smallest absolute Gasteiger partial charge is 0.276 e. The zero-order chi connectivity index (χ0) is 15.9. The molecule has 1 saturated carbocycles. The Morgan fingerprint density at radius 1 is 1.41 bits per heavy atom. The van der Waals surface area contributed by atoms with Crippen LogP contribution < -0.4 is 5.32 Å². The van der Waals surface area contributed by atoms with E-state index in [0.717, 1.165) is 25.7 Å². The first-order chi connectivity index (χ1) is 10.6. The van der Waals surface area contributed by atoms with Crippen LogP contribution in [-0.2, 0) is 4.79 Å². The maximum absolute atomic E-state index is 11.7. The summed E-state index contributed by atoms with van der Waals surface area (Å²) in [6.07, 6.45) is 6.41. The van der Waals surface area contributed by atoms with Gasteiger partial charge in [0, 0.05) is 18.7 Å². The highest BCUT2D eigenvalue weighted by atomic mass is 16.6. The molecule has 1 unspecified atom stereocenters. The van der Waals surface area contributed by atoms with Crippen LogP contribution >= 0.6 is 0 Å². The number of carbonyl (C=O) groups is 1. The monoisotopic (exact) mass is 304 g/mol. The molecule has 118 valence electrons. The van der Waals surface area contributed by atoms with Crippen molar-refractivity contribution in [3.8, 4) is 0 Å². The van der Waals surface area contributed by atoms with Gasteiger partial charge in [-0.3, -0.25) is 14.9 Å². The minimum absolute atomic E-state index is 0.0439.